The molecule has 0 bridgehead atoms. The number of fused-ring (bicyclic) bond motifs is 1. The van der Waals surface area contributed by atoms with Crippen molar-refractivity contribution in [1.82, 2.24) is 4.98 Å². The van der Waals surface area contributed by atoms with Gasteiger partial charge >= 0.3 is 0 Å². The number of nitrogens with two attached hydrogens (primary N) is 1. The van der Waals surface area contributed by atoms with Gasteiger partial charge in [0, 0.05) is 17.6 Å². The molecule has 0 atom stereocenters. The highest BCUT2D eigenvalue weighted by Gasteiger charge is 2.23. The van der Waals surface area contributed by atoms with E-state index >= 15 is 0 Å². The number of aryl methyl sites for hydroxylation is 2. The van der Waals surface area contributed by atoms with Gasteiger partial charge < -0.3 is 10.6 Å². The van der Waals surface area contributed by atoms with E-state index in [0.29, 0.717) is 11.6 Å². The molecule has 0 unspecified atom stereocenters. The fraction of sp³-hybridized carbons (Fsp3) is 0.333. The number of hydrogen-bond acceptors (Lipinski definition) is 4. The summed E-state index contributed by atoms with van der Waals surface area (Å²) in [7, 11) is 0. The molecule has 1 aromatic heterocycles. The molecule has 104 valence electrons. The van der Waals surface area contributed by atoms with E-state index in [-0.39, 0.29) is 5.91 Å². The van der Waals surface area contributed by atoms with E-state index < -0.39 is 0 Å². The smallest absolute Gasteiger partial charge is 0.233 e. The molecule has 0 spiro atoms. The predicted octanol–water partition coefficient (Wildman–Crippen LogP) is 2.56. The lowest BCUT2D eigenvalue weighted by Gasteiger charge is -2.29. The molecule has 0 aliphatic carbocycles. The van der Waals surface area contributed by atoms with Crippen LogP contribution in [-0.2, 0) is 17.6 Å². The van der Waals surface area contributed by atoms with Crippen molar-refractivity contribution in [1.29, 1.82) is 0 Å². The molecule has 1 aliphatic rings. The summed E-state index contributed by atoms with van der Waals surface area (Å²) in [5.41, 5.74) is 9.93. The van der Waals surface area contributed by atoms with Gasteiger partial charge in [-0.15, -0.1) is 11.3 Å². The summed E-state index contributed by atoms with van der Waals surface area (Å²) < 4.78 is 0. The standard InChI is InChI=1S/C15H17N3OS/c1-10-4-5-13-11(7-10)3-2-6-18(13)14(19)8-12-9-20-15(16)17-12/h4-5,7,9H,2-3,6,8H2,1H3,(H2,16,17). The van der Waals surface area contributed by atoms with Gasteiger partial charge in [0.25, 0.3) is 0 Å². The Kier molecular flexibility index (Phi) is 3.44. The topological polar surface area (TPSA) is 59.2 Å². The van der Waals surface area contributed by atoms with Gasteiger partial charge in [0.2, 0.25) is 5.91 Å². The van der Waals surface area contributed by atoms with E-state index in [1.54, 1.807) is 0 Å². The molecule has 3 rings (SSSR count). The highest BCUT2D eigenvalue weighted by molar-refractivity contribution is 7.13. The number of aromatic nitrogens is 1. The van der Waals surface area contributed by atoms with Crippen LogP contribution in [0.3, 0.4) is 0 Å². The molecule has 2 heterocycles. The zero-order valence-corrected chi connectivity index (χ0v) is 12.2. The SMILES string of the molecule is Cc1ccc2c(c1)CCCN2C(=O)Cc1csc(N)n1. The molecule has 1 amide bonds. The van der Waals surface area contributed by atoms with Crippen LogP contribution in [0, 0.1) is 6.92 Å². The Morgan fingerprint density at radius 1 is 1.50 bits per heavy atom. The molecular weight excluding hydrogens is 270 g/mol. The predicted molar refractivity (Wildman–Crippen MR) is 82.1 cm³/mol. The molecule has 2 aromatic rings. The van der Waals surface area contributed by atoms with Gasteiger partial charge in [-0.2, -0.15) is 0 Å². The number of nitrogens with zero attached hydrogens (tertiary/aromatic N) is 2. The Balaban J connectivity index is 1.83. The average Bonchev–Trinajstić information content (AvgIpc) is 2.83. The van der Waals surface area contributed by atoms with Gasteiger partial charge in [-0.25, -0.2) is 4.98 Å². The van der Waals surface area contributed by atoms with Gasteiger partial charge in [-0.3, -0.25) is 4.79 Å². The van der Waals surface area contributed by atoms with Gasteiger partial charge in [0.15, 0.2) is 5.13 Å². The molecule has 4 nitrogen and oxygen atoms in total. The zero-order valence-electron chi connectivity index (χ0n) is 11.4. The van der Waals surface area contributed by atoms with Crippen molar-refractivity contribution in [3.63, 3.8) is 0 Å². The van der Waals surface area contributed by atoms with Crippen molar-refractivity contribution < 1.29 is 4.79 Å². The van der Waals surface area contributed by atoms with E-state index in [1.165, 1.54) is 22.5 Å². The van der Waals surface area contributed by atoms with Crippen LogP contribution in [0.25, 0.3) is 0 Å². The summed E-state index contributed by atoms with van der Waals surface area (Å²) in [6, 6.07) is 6.29. The molecule has 20 heavy (non-hydrogen) atoms. The van der Waals surface area contributed by atoms with Crippen molar-refractivity contribution >= 4 is 28.1 Å². The third-order valence-corrected chi connectivity index (χ3v) is 4.28. The van der Waals surface area contributed by atoms with E-state index in [9.17, 15) is 4.79 Å². The van der Waals surface area contributed by atoms with Crippen LogP contribution >= 0.6 is 11.3 Å². The van der Waals surface area contributed by atoms with Gasteiger partial charge in [0.1, 0.15) is 0 Å². The second kappa shape index (κ2) is 5.25. The van der Waals surface area contributed by atoms with Crippen molar-refractivity contribution in [2.75, 3.05) is 17.2 Å². The van der Waals surface area contributed by atoms with E-state index in [2.05, 4.69) is 30.1 Å². The summed E-state index contributed by atoms with van der Waals surface area (Å²) in [5, 5.41) is 2.37. The third-order valence-electron chi connectivity index (χ3n) is 3.56. The second-order valence-electron chi connectivity index (χ2n) is 5.13. The minimum absolute atomic E-state index is 0.0973. The van der Waals surface area contributed by atoms with Gasteiger partial charge in [-0.1, -0.05) is 17.7 Å². The largest absolute Gasteiger partial charge is 0.375 e. The molecule has 5 heteroatoms. The number of hydrogen-bond donors (Lipinski definition) is 1. The molecule has 0 saturated heterocycles. The Morgan fingerprint density at radius 2 is 2.35 bits per heavy atom. The quantitative estimate of drug-likeness (QED) is 0.923. The lowest BCUT2D eigenvalue weighted by atomic mass is 9.99. The van der Waals surface area contributed by atoms with Crippen molar-refractivity contribution in [3.05, 3.63) is 40.4 Å². The van der Waals surface area contributed by atoms with Crippen LogP contribution < -0.4 is 10.6 Å². The average molecular weight is 287 g/mol. The summed E-state index contributed by atoms with van der Waals surface area (Å²) in [5.74, 6) is 0.0973. The number of benzene rings is 1. The highest BCUT2D eigenvalue weighted by atomic mass is 32.1. The van der Waals surface area contributed by atoms with Crippen LogP contribution in [0.5, 0.6) is 0 Å². The fourth-order valence-electron chi connectivity index (χ4n) is 2.64. The summed E-state index contributed by atoms with van der Waals surface area (Å²) in [6.45, 7) is 2.87. The Labute approximate surface area is 122 Å². The Hall–Kier alpha value is -1.88. The van der Waals surface area contributed by atoms with Crippen molar-refractivity contribution in [2.45, 2.75) is 26.2 Å². The first-order valence-corrected chi connectivity index (χ1v) is 7.61. The van der Waals surface area contributed by atoms with Crippen LogP contribution in [0.15, 0.2) is 23.6 Å². The van der Waals surface area contributed by atoms with Crippen LogP contribution in [-0.4, -0.2) is 17.4 Å². The highest BCUT2D eigenvalue weighted by Crippen LogP contribution is 2.28. The number of rotatable bonds is 2. The first-order valence-electron chi connectivity index (χ1n) is 6.73. The molecule has 2 N–H and O–H groups in total. The van der Waals surface area contributed by atoms with Gasteiger partial charge in [0.05, 0.1) is 12.1 Å². The monoisotopic (exact) mass is 287 g/mol. The molecule has 1 aromatic carbocycles. The van der Waals surface area contributed by atoms with Crippen LogP contribution in [0.4, 0.5) is 10.8 Å². The number of thiazole rings is 1. The minimum atomic E-state index is 0.0973. The Morgan fingerprint density at radius 3 is 3.10 bits per heavy atom. The number of nitrogen functional groups attached to an aromatic ring is 1. The van der Waals surface area contributed by atoms with Crippen LogP contribution in [0.1, 0.15) is 23.2 Å². The summed E-state index contributed by atoms with van der Waals surface area (Å²) >= 11 is 1.38. The lowest BCUT2D eigenvalue weighted by molar-refractivity contribution is -0.118. The maximum absolute atomic E-state index is 12.5. The molecule has 0 saturated carbocycles. The second-order valence-corrected chi connectivity index (χ2v) is 6.02. The van der Waals surface area contributed by atoms with Crippen molar-refractivity contribution in [2.24, 2.45) is 0 Å². The number of amides is 1. The minimum Gasteiger partial charge on any atom is -0.375 e. The maximum atomic E-state index is 12.5. The first kappa shape index (κ1) is 13.1. The number of carbonyl (C=O) groups is 1. The van der Waals surface area contributed by atoms with E-state index in [0.717, 1.165) is 30.8 Å². The number of carbonyl (C=O) groups excluding carboxylic acids is 1. The molecular formula is C15H17N3OS. The fourth-order valence-corrected chi connectivity index (χ4v) is 3.20. The van der Waals surface area contributed by atoms with E-state index in [1.807, 2.05) is 10.3 Å². The zero-order chi connectivity index (χ0) is 14.1. The summed E-state index contributed by atoms with van der Waals surface area (Å²) in [6.07, 6.45) is 2.38. The Bertz CT molecular complexity index is 650. The van der Waals surface area contributed by atoms with Crippen LogP contribution in [0.2, 0.25) is 0 Å². The van der Waals surface area contributed by atoms with E-state index in [4.69, 9.17) is 5.73 Å². The first-order chi connectivity index (χ1) is 9.63. The normalized spacial score (nSPS) is 14.2. The summed E-state index contributed by atoms with van der Waals surface area (Å²) in [4.78, 5) is 18.5. The van der Waals surface area contributed by atoms with Gasteiger partial charge in [-0.05, 0) is 31.4 Å². The molecule has 0 fully saturated rings. The molecule has 1 aliphatic heterocycles. The molecule has 0 radical (unpaired) electrons. The lowest BCUT2D eigenvalue weighted by Crippen LogP contribution is -2.36. The third kappa shape index (κ3) is 2.54. The maximum Gasteiger partial charge on any atom is 0.233 e. The number of anilines is 2. The van der Waals surface area contributed by atoms with Crippen molar-refractivity contribution in [3.8, 4) is 0 Å².